The minimum atomic E-state index is -4.38. The summed E-state index contributed by atoms with van der Waals surface area (Å²) in [6.07, 6.45) is 0.919. The second-order valence-electron chi connectivity index (χ2n) is 12.1. The molecule has 3 aromatic carbocycles. The lowest BCUT2D eigenvalue weighted by Crippen LogP contribution is -2.36. The first-order chi connectivity index (χ1) is 23.1. The second kappa shape index (κ2) is 16.2. The molecule has 2 N–H and O–H groups in total. The molecule has 0 saturated heterocycles. The molecule has 262 valence electrons. The van der Waals surface area contributed by atoms with Crippen LogP contribution >= 0.6 is 27.7 Å². The Morgan fingerprint density at radius 1 is 1.06 bits per heavy atom. The summed E-state index contributed by atoms with van der Waals surface area (Å²) in [5, 5.41) is 7.45. The standard InChI is InChI=1S/C34H39BrFN5O6S2/c1-6-8-13-30-38-41(28-19-24(16-17-26(28)35)37-31(42)21-48-7-2)33(44)40(30)20-23-15-14-22(18-27(23)36)25-11-9-10-12-29(25)49(45,46)39-32(43)47-34(3,4)5/h9-12,14-19H,6-8,13,20-21H2,1-5H3,(H,37,42)(H,39,43). The molecule has 4 rings (SSSR count). The molecule has 2 amide bonds. The van der Waals surface area contributed by atoms with Crippen LogP contribution in [0.4, 0.5) is 14.9 Å². The van der Waals surface area contributed by atoms with E-state index in [4.69, 9.17) is 4.74 Å². The Hall–Kier alpha value is -3.95. The Bertz CT molecular complexity index is 2010. The molecule has 0 atom stereocenters. The number of hydrogen-bond acceptors (Lipinski definition) is 8. The first kappa shape index (κ1) is 37.9. The lowest BCUT2D eigenvalue weighted by Gasteiger charge is -2.20. The van der Waals surface area contributed by atoms with Gasteiger partial charge in [-0.15, -0.1) is 5.10 Å². The van der Waals surface area contributed by atoms with Gasteiger partial charge in [0.2, 0.25) is 5.91 Å². The van der Waals surface area contributed by atoms with E-state index in [2.05, 4.69) is 26.3 Å². The van der Waals surface area contributed by atoms with Crippen LogP contribution in [0, 0.1) is 5.82 Å². The highest BCUT2D eigenvalue weighted by molar-refractivity contribution is 9.10. The van der Waals surface area contributed by atoms with Crippen molar-refractivity contribution in [1.82, 2.24) is 19.1 Å². The predicted molar refractivity (Wildman–Crippen MR) is 193 cm³/mol. The monoisotopic (exact) mass is 775 g/mol. The van der Waals surface area contributed by atoms with Crippen molar-refractivity contribution in [3.8, 4) is 16.8 Å². The zero-order valence-corrected chi connectivity index (χ0v) is 31.1. The van der Waals surface area contributed by atoms with Gasteiger partial charge in [-0.3, -0.25) is 9.36 Å². The quantitative estimate of drug-likeness (QED) is 0.150. The molecule has 0 bridgehead atoms. The minimum absolute atomic E-state index is 0.133. The fraction of sp³-hybridized carbons (Fsp3) is 0.353. The fourth-order valence-electron chi connectivity index (χ4n) is 4.83. The normalized spacial score (nSPS) is 11.7. The van der Waals surface area contributed by atoms with E-state index in [1.165, 1.54) is 51.3 Å². The Morgan fingerprint density at radius 3 is 2.47 bits per heavy atom. The molecule has 1 aromatic heterocycles. The van der Waals surface area contributed by atoms with Gasteiger partial charge in [-0.25, -0.2) is 27.1 Å². The van der Waals surface area contributed by atoms with E-state index < -0.39 is 33.2 Å². The van der Waals surface area contributed by atoms with Crippen molar-refractivity contribution < 1.29 is 27.1 Å². The number of hydrogen-bond donors (Lipinski definition) is 2. The summed E-state index contributed by atoms with van der Waals surface area (Å²) in [7, 11) is -4.38. The average molecular weight is 777 g/mol. The molecule has 0 radical (unpaired) electrons. The topological polar surface area (TPSA) is 141 Å². The highest BCUT2D eigenvalue weighted by Gasteiger charge is 2.26. The van der Waals surface area contributed by atoms with Gasteiger partial charge in [-0.05, 0) is 84.8 Å². The third-order valence-corrected chi connectivity index (χ3v) is 9.99. The number of carbonyl (C=O) groups is 2. The fourth-order valence-corrected chi connectivity index (χ4v) is 6.81. The van der Waals surface area contributed by atoms with Gasteiger partial charge in [0.25, 0.3) is 10.0 Å². The van der Waals surface area contributed by atoms with Gasteiger partial charge >= 0.3 is 11.8 Å². The Balaban J connectivity index is 1.67. The zero-order chi connectivity index (χ0) is 35.9. The molecular formula is C34H39BrFN5O6S2. The highest BCUT2D eigenvalue weighted by atomic mass is 79.9. The van der Waals surface area contributed by atoms with E-state index in [0.717, 1.165) is 18.6 Å². The van der Waals surface area contributed by atoms with Gasteiger partial charge in [-0.2, -0.15) is 16.4 Å². The number of anilines is 1. The van der Waals surface area contributed by atoms with Crippen molar-refractivity contribution in [2.24, 2.45) is 0 Å². The van der Waals surface area contributed by atoms with E-state index in [9.17, 15) is 22.8 Å². The smallest absolute Gasteiger partial charge is 0.421 e. The number of carbonyl (C=O) groups excluding carboxylic acids is 2. The van der Waals surface area contributed by atoms with Gasteiger partial charge in [-0.1, -0.05) is 50.6 Å². The lowest BCUT2D eigenvalue weighted by atomic mass is 10.0. The molecule has 11 nitrogen and oxygen atoms in total. The number of halogens is 2. The number of rotatable bonds is 13. The molecule has 49 heavy (non-hydrogen) atoms. The number of nitrogens with zero attached hydrogens (tertiary/aromatic N) is 3. The number of amides is 2. The number of aryl methyl sites for hydroxylation is 1. The van der Waals surface area contributed by atoms with E-state index in [0.29, 0.717) is 33.8 Å². The van der Waals surface area contributed by atoms with Gasteiger partial charge < -0.3 is 10.1 Å². The van der Waals surface area contributed by atoms with Gasteiger partial charge in [0.15, 0.2) is 0 Å². The summed E-state index contributed by atoms with van der Waals surface area (Å²) in [6.45, 7) is 8.67. The number of thioether (sulfide) groups is 1. The van der Waals surface area contributed by atoms with Crippen LogP contribution in [0.5, 0.6) is 0 Å². The summed E-state index contributed by atoms with van der Waals surface area (Å²) in [5.41, 5.74) is 0.105. The maximum absolute atomic E-state index is 15.8. The molecule has 0 aliphatic heterocycles. The number of benzene rings is 3. The number of nitrogens with one attached hydrogen (secondary N) is 2. The summed E-state index contributed by atoms with van der Waals surface area (Å²) in [4.78, 5) is 38.2. The second-order valence-corrected chi connectivity index (χ2v) is 15.8. The molecule has 0 spiro atoms. The average Bonchev–Trinajstić information content (AvgIpc) is 3.33. The minimum Gasteiger partial charge on any atom is -0.443 e. The van der Waals surface area contributed by atoms with Crippen molar-refractivity contribution in [1.29, 1.82) is 0 Å². The van der Waals surface area contributed by atoms with E-state index in [1.807, 2.05) is 18.6 Å². The molecule has 0 aliphatic carbocycles. The molecular weight excluding hydrogens is 737 g/mol. The van der Waals surface area contributed by atoms with Gasteiger partial charge in [0, 0.05) is 27.7 Å². The van der Waals surface area contributed by atoms with Crippen LogP contribution in [0.15, 0.2) is 74.8 Å². The van der Waals surface area contributed by atoms with Crippen LogP contribution < -0.4 is 15.7 Å². The third kappa shape index (κ3) is 9.82. The van der Waals surface area contributed by atoms with Crippen LogP contribution in [-0.4, -0.2) is 51.9 Å². The van der Waals surface area contributed by atoms with Crippen molar-refractivity contribution in [3.63, 3.8) is 0 Å². The number of aromatic nitrogens is 3. The molecule has 0 aliphatic rings. The van der Waals surface area contributed by atoms with Gasteiger partial charge in [0.05, 0.1) is 22.9 Å². The summed E-state index contributed by atoms with van der Waals surface area (Å²) in [5.74, 6) is 0.729. The summed E-state index contributed by atoms with van der Waals surface area (Å²) in [6, 6.07) is 15.2. The Labute approximate surface area is 297 Å². The molecule has 15 heteroatoms. The first-order valence-corrected chi connectivity index (χ1v) is 19.1. The van der Waals surface area contributed by atoms with Crippen molar-refractivity contribution in [2.45, 2.75) is 70.9 Å². The number of unbranched alkanes of at least 4 members (excludes halogenated alkanes) is 1. The van der Waals surface area contributed by atoms with Crippen LogP contribution in [0.3, 0.4) is 0 Å². The van der Waals surface area contributed by atoms with Crippen LogP contribution in [0.25, 0.3) is 16.8 Å². The summed E-state index contributed by atoms with van der Waals surface area (Å²) >= 11 is 4.98. The van der Waals surface area contributed by atoms with Crippen LogP contribution in [0.1, 0.15) is 58.8 Å². The maximum Gasteiger partial charge on any atom is 0.421 e. The Morgan fingerprint density at radius 2 is 1.80 bits per heavy atom. The highest BCUT2D eigenvalue weighted by Crippen LogP contribution is 2.29. The first-order valence-electron chi connectivity index (χ1n) is 15.6. The zero-order valence-electron chi connectivity index (χ0n) is 27.9. The molecule has 1 heterocycles. The van der Waals surface area contributed by atoms with Crippen molar-refractivity contribution >= 4 is 55.4 Å². The molecule has 0 saturated carbocycles. The lowest BCUT2D eigenvalue weighted by molar-refractivity contribution is -0.113. The maximum atomic E-state index is 15.8. The largest absolute Gasteiger partial charge is 0.443 e. The van der Waals surface area contributed by atoms with Crippen molar-refractivity contribution in [2.75, 3.05) is 16.8 Å². The predicted octanol–water partition coefficient (Wildman–Crippen LogP) is 6.90. The van der Waals surface area contributed by atoms with E-state index in [-0.39, 0.29) is 34.0 Å². The molecule has 4 aromatic rings. The van der Waals surface area contributed by atoms with Gasteiger partial charge in [0.1, 0.15) is 17.2 Å². The molecule has 0 unspecified atom stereocenters. The number of sulfonamides is 1. The van der Waals surface area contributed by atoms with Crippen LogP contribution in [0.2, 0.25) is 0 Å². The van der Waals surface area contributed by atoms with E-state index >= 15 is 4.39 Å². The summed E-state index contributed by atoms with van der Waals surface area (Å²) < 4.78 is 52.3. The number of ether oxygens (including phenoxy) is 1. The Kier molecular flexibility index (Phi) is 12.5. The van der Waals surface area contributed by atoms with Crippen LogP contribution in [-0.2, 0) is 32.5 Å². The van der Waals surface area contributed by atoms with Crippen molar-refractivity contribution in [3.05, 3.63) is 92.8 Å². The third-order valence-electron chi connectivity index (χ3n) is 7.07. The SMILES string of the molecule is CCCCc1nn(-c2cc(NC(=O)CSCC)ccc2Br)c(=O)n1Cc1ccc(-c2ccccc2S(=O)(=O)NC(=O)OC(C)(C)C)cc1F. The van der Waals surface area contributed by atoms with E-state index in [1.54, 1.807) is 51.1 Å². The molecule has 0 fully saturated rings.